The van der Waals surface area contributed by atoms with Crippen molar-refractivity contribution in [3.63, 3.8) is 0 Å². The Morgan fingerprint density at radius 2 is 2.11 bits per heavy atom. The highest BCUT2D eigenvalue weighted by Gasteiger charge is 2.49. The molecule has 18 heavy (non-hydrogen) atoms. The fraction of sp³-hybridized carbons (Fsp3) is 1.00. The average Bonchev–Trinajstić information content (AvgIpc) is 2.29. The molecule has 2 N–H and O–H groups in total. The van der Waals surface area contributed by atoms with E-state index < -0.39 is 0 Å². The predicted octanol–water partition coefficient (Wildman–Crippen LogP) is 2.25. The second kappa shape index (κ2) is 5.89. The number of nitrogens with two attached hydrogens (primary N) is 1. The largest absolute Gasteiger partial charge is 0.377 e. The van der Waals surface area contributed by atoms with E-state index in [4.69, 9.17) is 10.5 Å². The third-order valence-corrected chi connectivity index (χ3v) is 5.06. The summed E-state index contributed by atoms with van der Waals surface area (Å²) >= 11 is 0. The van der Waals surface area contributed by atoms with Crippen molar-refractivity contribution in [1.82, 2.24) is 4.90 Å². The van der Waals surface area contributed by atoms with Crippen molar-refractivity contribution < 1.29 is 4.74 Å². The number of piperidine rings is 1. The molecule has 0 aromatic heterocycles. The van der Waals surface area contributed by atoms with Gasteiger partial charge in [-0.3, -0.25) is 4.90 Å². The third-order valence-electron chi connectivity index (χ3n) is 5.06. The molecule has 0 radical (unpaired) electrons. The van der Waals surface area contributed by atoms with Gasteiger partial charge in [0.1, 0.15) is 0 Å². The van der Waals surface area contributed by atoms with E-state index in [-0.39, 0.29) is 0 Å². The Kier molecular flexibility index (Phi) is 4.68. The molecule has 3 heteroatoms. The van der Waals surface area contributed by atoms with Crippen LogP contribution in [0.25, 0.3) is 0 Å². The van der Waals surface area contributed by atoms with Gasteiger partial charge in [0.15, 0.2) is 0 Å². The maximum Gasteiger partial charge on any atom is 0.0702 e. The van der Waals surface area contributed by atoms with Crippen LogP contribution in [0.5, 0.6) is 0 Å². The van der Waals surface area contributed by atoms with Crippen LogP contribution in [-0.4, -0.2) is 42.8 Å². The maximum atomic E-state index is 6.10. The summed E-state index contributed by atoms with van der Waals surface area (Å²) in [6.45, 7) is 10.7. The predicted molar refractivity (Wildman–Crippen MR) is 75.6 cm³/mol. The van der Waals surface area contributed by atoms with Crippen LogP contribution in [-0.2, 0) is 4.74 Å². The van der Waals surface area contributed by atoms with Crippen molar-refractivity contribution in [2.75, 3.05) is 26.2 Å². The molecule has 1 heterocycles. The lowest BCUT2D eigenvalue weighted by atomic mass is 9.62. The van der Waals surface area contributed by atoms with Crippen LogP contribution in [0.4, 0.5) is 0 Å². The van der Waals surface area contributed by atoms with Gasteiger partial charge >= 0.3 is 0 Å². The molecule has 1 saturated heterocycles. The molecule has 1 saturated carbocycles. The van der Waals surface area contributed by atoms with Gasteiger partial charge in [-0.2, -0.15) is 0 Å². The van der Waals surface area contributed by atoms with Crippen LogP contribution in [0.1, 0.15) is 46.5 Å². The smallest absolute Gasteiger partial charge is 0.0702 e. The van der Waals surface area contributed by atoms with Gasteiger partial charge < -0.3 is 10.5 Å². The standard InChI is InChI=1S/C15H30N2O/c1-4-18-14-6-5-7-17(10-14)15(11-16)8-13(9-15)12(2)3/h12-14H,4-11,16H2,1-3H3. The minimum atomic E-state index is 0.296. The lowest BCUT2D eigenvalue weighted by Crippen LogP contribution is -2.65. The Labute approximate surface area is 112 Å². The number of likely N-dealkylation sites (tertiary alicyclic amines) is 1. The molecule has 1 aliphatic carbocycles. The molecular formula is C15H30N2O. The molecule has 2 fully saturated rings. The SMILES string of the molecule is CCOC1CCCN(C2(CN)CC(C(C)C)C2)C1. The number of hydrogen-bond acceptors (Lipinski definition) is 3. The first-order chi connectivity index (χ1) is 8.61. The zero-order valence-electron chi connectivity index (χ0n) is 12.3. The molecule has 106 valence electrons. The molecule has 0 aromatic rings. The zero-order chi connectivity index (χ0) is 13.2. The molecule has 0 aromatic carbocycles. The Hall–Kier alpha value is -0.120. The fourth-order valence-corrected chi connectivity index (χ4v) is 3.68. The summed E-state index contributed by atoms with van der Waals surface area (Å²) in [7, 11) is 0. The van der Waals surface area contributed by atoms with Gasteiger partial charge in [-0.05, 0) is 51.0 Å². The molecule has 0 bridgehead atoms. The molecule has 1 aliphatic heterocycles. The molecule has 2 aliphatic rings. The van der Waals surface area contributed by atoms with Crippen LogP contribution in [0.3, 0.4) is 0 Å². The van der Waals surface area contributed by atoms with E-state index in [1.54, 1.807) is 0 Å². The van der Waals surface area contributed by atoms with Crippen LogP contribution in [0.15, 0.2) is 0 Å². The van der Waals surface area contributed by atoms with Crippen molar-refractivity contribution >= 4 is 0 Å². The highest BCUT2D eigenvalue weighted by Crippen LogP contribution is 2.46. The summed E-state index contributed by atoms with van der Waals surface area (Å²) in [6.07, 6.45) is 5.50. The summed E-state index contributed by atoms with van der Waals surface area (Å²) in [5.41, 5.74) is 6.40. The summed E-state index contributed by atoms with van der Waals surface area (Å²) in [4.78, 5) is 2.63. The highest BCUT2D eigenvalue weighted by molar-refractivity contribution is 5.05. The lowest BCUT2D eigenvalue weighted by Gasteiger charge is -2.57. The molecule has 0 spiro atoms. The van der Waals surface area contributed by atoms with Gasteiger partial charge in [0, 0.05) is 25.2 Å². The van der Waals surface area contributed by atoms with E-state index in [0.29, 0.717) is 11.6 Å². The van der Waals surface area contributed by atoms with Gasteiger partial charge in [-0.25, -0.2) is 0 Å². The van der Waals surface area contributed by atoms with E-state index in [9.17, 15) is 0 Å². The average molecular weight is 254 g/mol. The quantitative estimate of drug-likeness (QED) is 0.818. The van der Waals surface area contributed by atoms with Gasteiger partial charge in [0.2, 0.25) is 0 Å². The first-order valence-electron chi connectivity index (χ1n) is 7.68. The van der Waals surface area contributed by atoms with Crippen molar-refractivity contribution in [2.24, 2.45) is 17.6 Å². The van der Waals surface area contributed by atoms with E-state index in [1.807, 2.05) is 0 Å². The van der Waals surface area contributed by atoms with E-state index in [0.717, 1.165) is 31.5 Å². The normalized spacial score (nSPS) is 37.8. The van der Waals surface area contributed by atoms with Crippen molar-refractivity contribution in [3.05, 3.63) is 0 Å². The summed E-state index contributed by atoms with van der Waals surface area (Å²) in [5, 5.41) is 0. The Bertz CT molecular complexity index is 259. The summed E-state index contributed by atoms with van der Waals surface area (Å²) < 4.78 is 5.81. The highest BCUT2D eigenvalue weighted by atomic mass is 16.5. The number of rotatable bonds is 5. The van der Waals surface area contributed by atoms with Crippen molar-refractivity contribution in [2.45, 2.75) is 58.1 Å². The number of nitrogens with zero attached hydrogens (tertiary/aromatic N) is 1. The number of ether oxygens (including phenoxy) is 1. The lowest BCUT2D eigenvalue weighted by molar-refractivity contribution is -0.0849. The topological polar surface area (TPSA) is 38.5 Å². The maximum absolute atomic E-state index is 6.10. The zero-order valence-corrected chi connectivity index (χ0v) is 12.3. The van der Waals surface area contributed by atoms with Gasteiger partial charge in [0.25, 0.3) is 0 Å². The Morgan fingerprint density at radius 3 is 2.67 bits per heavy atom. The molecule has 2 rings (SSSR count). The second-order valence-corrected chi connectivity index (χ2v) is 6.51. The van der Waals surface area contributed by atoms with E-state index >= 15 is 0 Å². The molecular weight excluding hydrogens is 224 g/mol. The molecule has 1 atom stereocenters. The first kappa shape index (κ1) is 14.3. The summed E-state index contributed by atoms with van der Waals surface area (Å²) in [5.74, 6) is 1.68. The van der Waals surface area contributed by atoms with Gasteiger partial charge in [0.05, 0.1) is 6.10 Å². The molecule has 1 unspecified atom stereocenters. The van der Waals surface area contributed by atoms with Crippen LogP contribution >= 0.6 is 0 Å². The van der Waals surface area contributed by atoms with E-state index in [1.165, 1.54) is 32.2 Å². The minimum absolute atomic E-state index is 0.296. The van der Waals surface area contributed by atoms with Gasteiger partial charge in [-0.15, -0.1) is 0 Å². The minimum Gasteiger partial charge on any atom is -0.377 e. The fourth-order valence-electron chi connectivity index (χ4n) is 3.68. The molecule has 3 nitrogen and oxygen atoms in total. The van der Waals surface area contributed by atoms with Crippen molar-refractivity contribution in [1.29, 1.82) is 0 Å². The first-order valence-corrected chi connectivity index (χ1v) is 7.68. The third kappa shape index (κ3) is 2.73. The van der Waals surface area contributed by atoms with E-state index in [2.05, 4.69) is 25.7 Å². The van der Waals surface area contributed by atoms with Crippen LogP contribution < -0.4 is 5.73 Å². The number of hydrogen-bond donors (Lipinski definition) is 1. The van der Waals surface area contributed by atoms with Gasteiger partial charge in [-0.1, -0.05) is 13.8 Å². The van der Waals surface area contributed by atoms with Crippen LogP contribution in [0, 0.1) is 11.8 Å². The Balaban J connectivity index is 1.92. The monoisotopic (exact) mass is 254 g/mol. The van der Waals surface area contributed by atoms with Crippen molar-refractivity contribution in [3.8, 4) is 0 Å². The van der Waals surface area contributed by atoms with Crippen LogP contribution in [0.2, 0.25) is 0 Å². The second-order valence-electron chi connectivity index (χ2n) is 6.51. The summed E-state index contributed by atoms with van der Waals surface area (Å²) in [6, 6.07) is 0. The molecule has 0 amide bonds. The Morgan fingerprint density at radius 1 is 1.39 bits per heavy atom.